The number of hydrogen-bond acceptors (Lipinski definition) is 3. The minimum atomic E-state index is 0.324. The third-order valence-electron chi connectivity index (χ3n) is 4.96. The van der Waals surface area contributed by atoms with Crippen molar-refractivity contribution in [1.29, 1.82) is 0 Å². The second-order valence-corrected chi connectivity index (χ2v) is 8.56. The van der Waals surface area contributed by atoms with E-state index in [0.717, 1.165) is 25.6 Å². The molecule has 1 N–H and O–H groups in total. The van der Waals surface area contributed by atoms with E-state index in [1.807, 2.05) is 0 Å². The summed E-state index contributed by atoms with van der Waals surface area (Å²) in [5.74, 6) is 0.765. The largest absolute Gasteiger partial charge is 0.377 e. The van der Waals surface area contributed by atoms with Gasteiger partial charge >= 0.3 is 0 Å². The fraction of sp³-hybridized carbons (Fsp3) is 1.00. The molecular formula is C18H36N2O. The highest BCUT2D eigenvalue weighted by Crippen LogP contribution is 2.28. The molecule has 3 heteroatoms. The molecule has 2 fully saturated rings. The molecule has 0 bridgehead atoms. The van der Waals surface area contributed by atoms with Gasteiger partial charge in [0.2, 0.25) is 0 Å². The van der Waals surface area contributed by atoms with E-state index in [1.165, 1.54) is 32.2 Å². The maximum atomic E-state index is 6.00. The van der Waals surface area contributed by atoms with Crippen molar-refractivity contribution in [2.24, 2.45) is 11.3 Å². The molecule has 3 unspecified atom stereocenters. The van der Waals surface area contributed by atoms with Gasteiger partial charge in [-0.15, -0.1) is 0 Å². The van der Waals surface area contributed by atoms with Crippen LogP contribution in [0.15, 0.2) is 0 Å². The third kappa shape index (κ3) is 5.22. The summed E-state index contributed by atoms with van der Waals surface area (Å²) in [7, 11) is 0. The van der Waals surface area contributed by atoms with Crippen LogP contribution in [0.4, 0.5) is 0 Å². The van der Waals surface area contributed by atoms with Gasteiger partial charge in [0.15, 0.2) is 0 Å². The maximum absolute atomic E-state index is 6.00. The van der Waals surface area contributed by atoms with Crippen molar-refractivity contribution >= 4 is 0 Å². The molecular weight excluding hydrogens is 260 g/mol. The summed E-state index contributed by atoms with van der Waals surface area (Å²) in [6.07, 6.45) is 5.57. The van der Waals surface area contributed by atoms with Gasteiger partial charge in [-0.05, 0) is 37.0 Å². The smallest absolute Gasteiger partial charge is 0.0702 e. The molecule has 2 aliphatic heterocycles. The number of ether oxygens (including phenoxy) is 1. The van der Waals surface area contributed by atoms with E-state index in [1.54, 1.807) is 0 Å². The molecule has 0 aromatic rings. The van der Waals surface area contributed by atoms with Crippen molar-refractivity contribution < 1.29 is 4.74 Å². The normalized spacial score (nSPS) is 32.6. The van der Waals surface area contributed by atoms with Gasteiger partial charge < -0.3 is 10.1 Å². The summed E-state index contributed by atoms with van der Waals surface area (Å²) in [6, 6.07) is 1.26. The molecule has 0 saturated carbocycles. The Morgan fingerprint density at radius 2 is 2.00 bits per heavy atom. The third-order valence-corrected chi connectivity index (χ3v) is 4.96. The maximum Gasteiger partial charge on any atom is 0.0702 e. The standard InChI is InChI=1S/C18H36N2O/c1-14(2)10-15-12-20(13-16-8-6-7-9-21-16)17(11-19-15)18(3,4)5/h14-17,19H,6-13H2,1-5H3. The number of piperazine rings is 1. The first-order valence-electron chi connectivity index (χ1n) is 8.95. The molecule has 0 aliphatic carbocycles. The molecule has 3 atom stereocenters. The van der Waals surface area contributed by atoms with E-state index in [9.17, 15) is 0 Å². The van der Waals surface area contributed by atoms with Crippen LogP contribution >= 0.6 is 0 Å². The molecule has 124 valence electrons. The molecule has 0 spiro atoms. The van der Waals surface area contributed by atoms with Gasteiger partial charge in [0.25, 0.3) is 0 Å². The van der Waals surface area contributed by atoms with E-state index in [2.05, 4.69) is 44.8 Å². The van der Waals surface area contributed by atoms with Crippen LogP contribution in [0.5, 0.6) is 0 Å². The summed E-state index contributed by atoms with van der Waals surface area (Å²) < 4.78 is 6.00. The SMILES string of the molecule is CC(C)CC1CN(CC2CCCCO2)C(C(C)(C)C)CN1. The number of nitrogens with zero attached hydrogens (tertiary/aromatic N) is 1. The zero-order valence-electron chi connectivity index (χ0n) is 14.8. The van der Waals surface area contributed by atoms with Crippen LogP contribution in [0, 0.1) is 11.3 Å². The van der Waals surface area contributed by atoms with E-state index in [-0.39, 0.29) is 0 Å². The quantitative estimate of drug-likeness (QED) is 0.861. The van der Waals surface area contributed by atoms with Crippen molar-refractivity contribution in [3.8, 4) is 0 Å². The van der Waals surface area contributed by atoms with Crippen LogP contribution in [0.2, 0.25) is 0 Å². The summed E-state index contributed by atoms with van der Waals surface area (Å²) in [6.45, 7) is 16.2. The van der Waals surface area contributed by atoms with Crippen LogP contribution in [0.3, 0.4) is 0 Å². The Morgan fingerprint density at radius 1 is 1.24 bits per heavy atom. The molecule has 21 heavy (non-hydrogen) atoms. The highest BCUT2D eigenvalue weighted by Gasteiger charge is 2.36. The Bertz CT molecular complexity index is 305. The van der Waals surface area contributed by atoms with Crippen LogP contribution in [0.25, 0.3) is 0 Å². The molecule has 0 radical (unpaired) electrons. The minimum absolute atomic E-state index is 0.324. The van der Waals surface area contributed by atoms with Gasteiger partial charge in [-0.3, -0.25) is 4.90 Å². The second kappa shape index (κ2) is 7.43. The average Bonchev–Trinajstić information content (AvgIpc) is 2.38. The Kier molecular flexibility index (Phi) is 6.10. The molecule has 2 aliphatic rings. The molecule has 3 nitrogen and oxygen atoms in total. The lowest BCUT2D eigenvalue weighted by atomic mass is 9.83. The first-order chi connectivity index (χ1) is 9.86. The molecule has 2 rings (SSSR count). The van der Waals surface area contributed by atoms with Crippen molar-refractivity contribution in [2.75, 3.05) is 26.2 Å². The monoisotopic (exact) mass is 296 g/mol. The van der Waals surface area contributed by atoms with Crippen molar-refractivity contribution in [1.82, 2.24) is 10.2 Å². The minimum Gasteiger partial charge on any atom is -0.377 e. The van der Waals surface area contributed by atoms with E-state index in [4.69, 9.17) is 4.74 Å². The Labute approximate surface area is 131 Å². The second-order valence-electron chi connectivity index (χ2n) is 8.56. The molecule has 2 heterocycles. The van der Waals surface area contributed by atoms with Crippen LogP contribution in [-0.2, 0) is 4.74 Å². The highest BCUT2D eigenvalue weighted by atomic mass is 16.5. The predicted molar refractivity (Wildman–Crippen MR) is 89.7 cm³/mol. The zero-order chi connectivity index (χ0) is 15.5. The van der Waals surface area contributed by atoms with Crippen molar-refractivity contribution in [3.63, 3.8) is 0 Å². The lowest BCUT2D eigenvalue weighted by molar-refractivity contribution is -0.0375. The summed E-state index contributed by atoms with van der Waals surface area (Å²) in [5.41, 5.74) is 0.324. The lowest BCUT2D eigenvalue weighted by Gasteiger charge is -2.48. The van der Waals surface area contributed by atoms with Gasteiger partial charge in [-0.25, -0.2) is 0 Å². The van der Waals surface area contributed by atoms with Gasteiger partial charge in [0.05, 0.1) is 6.10 Å². The molecule has 0 amide bonds. The highest BCUT2D eigenvalue weighted by molar-refractivity contribution is 4.93. The fourth-order valence-electron chi connectivity index (χ4n) is 3.88. The Balaban J connectivity index is 1.98. The predicted octanol–water partition coefficient (Wildman–Crippen LogP) is 3.29. The van der Waals surface area contributed by atoms with Gasteiger partial charge in [0, 0.05) is 38.3 Å². The van der Waals surface area contributed by atoms with Crippen LogP contribution in [0.1, 0.15) is 60.3 Å². The summed E-state index contributed by atoms with van der Waals surface area (Å²) in [5, 5.41) is 3.79. The van der Waals surface area contributed by atoms with Crippen LogP contribution in [-0.4, -0.2) is 49.3 Å². The Morgan fingerprint density at radius 3 is 2.57 bits per heavy atom. The zero-order valence-corrected chi connectivity index (χ0v) is 14.8. The summed E-state index contributed by atoms with van der Waals surface area (Å²) >= 11 is 0. The Hall–Kier alpha value is -0.120. The van der Waals surface area contributed by atoms with Gasteiger partial charge in [-0.2, -0.15) is 0 Å². The molecule has 0 aromatic heterocycles. The van der Waals surface area contributed by atoms with E-state index in [0.29, 0.717) is 23.6 Å². The van der Waals surface area contributed by atoms with E-state index >= 15 is 0 Å². The topological polar surface area (TPSA) is 24.5 Å². The van der Waals surface area contributed by atoms with Crippen molar-refractivity contribution in [2.45, 2.75) is 78.5 Å². The first kappa shape index (κ1) is 17.2. The number of nitrogens with one attached hydrogen (secondary N) is 1. The fourth-order valence-corrected chi connectivity index (χ4v) is 3.88. The molecule has 0 aromatic carbocycles. The lowest BCUT2D eigenvalue weighted by Crippen LogP contribution is -2.62. The van der Waals surface area contributed by atoms with Gasteiger partial charge in [0.1, 0.15) is 0 Å². The number of hydrogen-bond donors (Lipinski definition) is 1. The van der Waals surface area contributed by atoms with Crippen LogP contribution < -0.4 is 5.32 Å². The van der Waals surface area contributed by atoms with E-state index < -0.39 is 0 Å². The summed E-state index contributed by atoms with van der Waals surface area (Å²) in [4.78, 5) is 2.72. The van der Waals surface area contributed by atoms with Crippen molar-refractivity contribution in [3.05, 3.63) is 0 Å². The molecule has 2 saturated heterocycles. The van der Waals surface area contributed by atoms with Gasteiger partial charge in [-0.1, -0.05) is 34.6 Å². The first-order valence-corrected chi connectivity index (χ1v) is 8.95. The number of rotatable bonds is 4. The average molecular weight is 296 g/mol.